The van der Waals surface area contributed by atoms with Gasteiger partial charge in [0.15, 0.2) is 5.82 Å². The molecule has 2 heterocycles. The highest BCUT2D eigenvalue weighted by Gasteiger charge is 2.11. The van der Waals surface area contributed by atoms with Crippen LogP contribution in [0.1, 0.15) is 24.4 Å². The van der Waals surface area contributed by atoms with Crippen molar-refractivity contribution in [2.45, 2.75) is 19.9 Å². The molecule has 0 saturated heterocycles. The Labute approximate surface area is 94.5 Å². The zero-order chi connectivity index (χ0) is 11.5. The molecular weight excluding hydrogens is 202 g/mol. The van der Waals surface area contributed by atoms with Crippen LogP contribution >= 0.6 is 0 Å². The highest BCUT2D eigenvalue weighted by molar-refractivity contribution is 5.38. The molecule has 0 aromatic carbocycles. The molecule has 5 heteroatoms. The lowest BCUT2D eigenvalue weighted by atomic mass is 10.2. The van der Waals surface area contributed by atoms with Crippen molar-refractivity contribution in [2.75, 3.05) is 5.32 Å². The van der Waals surface area contributed by atoms with Crippen molar-refractivity contribution in [3.05, 3.63) is 36.0 Å². The number of nitrogens with one attached hydrogen (secondary N) is 1. The molecule has 1 unspecified atom stereocenters. The molecule has 2 aromatic rings. The Bertz CT molecular complexity index is 477. The van der Waals surface area contributed by atoms with Crippen molar-refractivity contribution in [1.82, 2.24) is 19.7 Å². The van der Waals surface area contributed by atoms with Crippen molar-refractivity contribution >= 4 is 5.82 Å². The van der Waals surface area contributed by atoms with E-state index in [0.717, 1.165) is 11.6 Å². The van der Waals surface area contributed by atoms with Crippen LogP contribution in [0.15, 0.2) is 24.7 Å². The summed E-state index contributed by atoms with van der Waals surface area (Å²) in [5, 5.41) is 11.2. The number of aryl methyl sites for hydroxylation is 2. The van der Waals surface area contributed by atoms with Gasteiger partial charge in [0.05, 0.1) is 6.04 Å². The Morgan fingerprint density at radius 1 is 1.44 bits per heavy atom. The van der Waals surface area contributed by atoms with Gasteiger partial charge in [-0.3, -0.25) is 0 Å². The van der Waals surface area contributed by atoms with Crippen molar-refractivity contribution in [3.8, 4) is 0 Å². The van der Waals surface area contributed by atoms with Gasteiger partial charge in [0.1, 0.15) is 12.1 Å². The van der Waals surface area contributed by atoms with Gasteiger partial charge in [-0.05, 0) is 31.5 Å². The van der Waals surface area contributed by atoms with E-state index in [-0.39, 0.29) is 6.04 Å². The third-order valence-corrected chi connectivity index (χ3v) is 2.41. The molecule has 1 atom stereocenters. The summed E-state index contributed by atoms with van der Waals surface area (Å²) in [6, 6.07) is 4.06. The topological polar surface area (TPSA) is 55.6 Å². The maximum atomic E-state index is 4.25. The summed E-state index contributed by atoms with van der Waals surface area (Å²) in [5.41, 5.74) is 1.18. The van der Waals surface area contributed by atoms with E-state index in [1.807, 2.05) is 37.6 Å². The van der Waals surface area contributed by atoms with Gasteiger partial charge in [-0.15, -0.1) is 10.2 Å². The van der Waals surface area contributed by atoms with Crippen molar-refractivity contribution in [2.24, 2.45) is 7.05 Å². The van der Waals surface area contributed by atoms with Crippen LogP contribution in [0.3, 0.4) is 0 Å². The van der Waals surface area contributed by atoms with E-state index < -0.39 is 0 Å². The van der Waals surface area contributed by atoms with E-state index in [0.29, 0.717) is 0 Å². The highest BCUT2D eigenvalue weighted by Crippen LogP contribution is 2.15. The van der Waals surface area contributed by atoms with Crippen LogP contribution in [0.2, 0.25) is 0 Å². The number of pyridine rings is 1. The standard InChI is InChI=1S/C11H15N5/c1-8-4-5-12-10(6-8)14-9(2)11-15-13-7-16(11)3/h4-7,9H,1-3H3,(H,12,14). The van der Waals surface area contributed by atoms with Gasteiger partial charge in [-0.25, -0.2) is 4.98 Å². The molecule has 0 aliphatic carbocycles. The second-order valence-electron chi connectivity index (χ2n) is 3.88. The predicted octanol–water partition coefficient (Wildman–Crippen LogP) is 1.69. The summed E-state index contributed by atoms with van der Waals surface area (Å²) in [4.78, 5) is 4.25. The molecule has 1 N–H and O–H groups in total. The molecule has 0 aliphatic rings. The van der Waals surface area contributed by atoms with Crippen molar-refractivity contribution < 1.29 is 0 Å². The van der Waals surface area contributed by atoms with Crippen LogP contribution in [0.5, 0.6) is 0 Å². The monoisotopic (exact) mass is 217 g/mol. The minimum Gasteiger partial charge on any atom is -0.360 e. The third-order valence-electron chi connectivity index (χ3n) is 2.41. The fourth-order valence-corrected chi connectivity index (χ4v) is 1.59. The summed E-state index contributed by atoms with van der Waals surface area (Å²) < 4.78 is 1.90. The first kappa shape index (κ1) is 10.6. The summed E-state index contributed by atoms with van der Waals surface area (Å²) in [6.45, 7) is 4.08. The zero-order valence-corrected chi connectivity index (χ0v) is 9.68. The average molecular weight is 217 g/mol. The first-order valence-corrected chi connectivity index (χ1v) is 5.20. The molecule has 0 radical (unpaired) electrons. The van der Waals surface area contributed by atoms with Gasteiger partial charge >= 0.3 is 0 Å². The number of hydrogen-bond donors (Lipinski definition) is 1. The van der Waals surface area contributed by atoms with Crippen LogP contribution in [0.4, 0.5) is 5.82 Å². The Kier molecular flexibility index (Phi) is 2.85. The fourth-order valence-electron chi connectivity index (χ4n) is 1.59. The Hall–Kier alpha value is -1.91. The third kappa shape index (κ3) is 2.18. The van der Waals surface area contributed by atoms with Crippen molar-refractivity contribution in [1.29, 1.82) is 0 Å². The van der Waals surface area contributed by atoms with E-state index in [2.05, 4.69) is 20.5 Å². The fraction of sp³-hybridized carbons (Fsp3) is 0.364. The first-order valence-electron chi connectivity index (χ1n) is 5.20. The molecule has 0 fully saturated rings. The van der Waals surface area contributed by atoms with E-state index in [9.17, 15) is 0 Å². The van der Waals surface area contributed by atoms with Gasteiger partial charge in [0.25, 0.3) is 0 Å². The Morgan fingerprint density at radius 3 is 2.88 bits per heavy atom. The zero-order valence-electron chi connectivity index (χ0n) is 9.68. The molecule has 0 amide bonds. The minimum absolute atomic E-state index is 0.0850. The van der Waals surface area contributed by atoms with Crippen LogP contribution in [-0.2, 0) is 7.05 Å². The second kappa shape index (κ2) is 4.30. The highest BCUT2D eigenvalue weighted by atomic mass is 15.3. The van der Waals surface area contributed by atoms with Crippen LogP contribution < -0.4 is 5.32 Å². The van der Waals surface area contributed by atoms with Crippen LogP contribution in [-0.4, -0.2) is 19.7 Å². The molecule has 0 saturated carbocycles. The Balaban J connectivity index is 2.14. The van der Waals surface area contributed by atoms with Crippen molar-refractivity contribution in [3.63, 3.8) is 0 Å². The maximum absolute atomic E-state index is 4.25. The average Bonchev–Trinajstić information content (AvgIpc) is 2.64. The number of nitrogens with zero attached hydrogens (tertiary/aromatic N) is 4. The van der Waals surface area contributed by atoms with Crippen LogP contribution in [0, 0.1) is 6.92 Å². The first-order chi connectivity index (χ1) is 7.66. The summed E-state index contributed by atoms with van der Waals surface area (Å²) in [7, 11) is 1.93. The number of rotatable bonds is 3. The summed E-state index contributed by atoms with van der Waals surface area (Å²) in [5.74, 6) is 1.75. The molecule has 2 aromatic heterocycles. The molecule has 0 spiro atoms. The number of anilines is 1. The molecule has 0 aliphatic heterocycles. The molecule has 16 heavy (non-hydrogen) atoms. The summed E-state index contributed by atoms with van der Waals surface area (Å²) >= 11 is 0. The predicted molar refractivity (Wildman–Crippen MR) is 62.0 cm³/mol. The maximum Gasteiger partial charge on any atom is 0.154 e. The lowest BCUT2D eigenvalue weighted by Gasteiger charge is -2.13. The lowest BCUT2D eigenvalue weighted by molar-refractivity contribution is 0.716. The smallest absolute Gasteiger partial charge is 0.154 e. The minimum atomic E-state index is 0.0850. The molecule has 0 bridgehead atoms. The SMILES string of the molecule is Cc1ccnc(NC(C)c2nncn2C)c1. The molecule has 2 rings (SSSR count). The van der Waals surface area contributed by atoms with Gasteiger partial charge in [-0.1, -0.05) is 0 Å². The largest absolute Gasteiger partial charge is 0.360 e. The molecule has 5 nitrogen and oxygen atoms in total. The number of aromatic nitrogens is 4. The van der Waals surface area contributed by atoms with Gasteiger partial charge in [0.2, 0.25) is 0 Å². The second-order valence-corrected chi connectivity index (χ2v) is 3.88. The van der Waals surface area contributed by atoms with E-state index in [1.54, 1.807) is 12.5 Å². The normalized spacial score (nSPS) is 12.4. The van der Waals surface area contributed by atoms with E-state index in [1.165, 1.54) is 5.56 Å². The molecular formula is C11H15N5. The van der Waals surface area contributed by atoms with E-state index in [4.69, 9.17) is 0 Å². The quantitative estimate of drug-likeness (QED) is 0.850. The van der Waals surface area contributed by atoms with Gasteiger partial charge in [-0.2, -0.15) is 0 Å². The lowest BCUT2D eigenvalue weighted by Crippen LogP contribution is -2.12. The Morgan fingerprint density at radius 2 is 2.25 bits per heavy atom. The summed E-state index contributed by atoms with van der Waals surface area (Å²) in [6.07, 6.45) is 3.48. The van der Waals surface area contributed by atoms with Crippen LogP contribution in [0.25, 0.3) is 0 Å². The van der Waals surface area contributed by atoms with Gasteiger partial charge < -0.3 is 9.88 Å². The van der Waals surface area contributed by atoms with Gasteiger partial charge in [0, 0.05) is 13.2 Å². The molecule has 84 valence electrons. The van der Waals surface area contributed by atoms with E-state index >= 15 is 0 Å². The number of hydrogen-bond acceptors (Lipinski definition) is 4.